The Hall–Kier alpha value is -2.32. The van der Waals surface area contributed by atoms with E-state index in [9.17, 15) is 14.7 Å². The summed E-state index contributed by atoms with van der Waals surface area (Å²) in [6.45, 7) is 0.837. The molecule has 2 aliphatic heterocycles. The first kappa shape index (κ1) is 20.4. The maximum Gasteiger partial charge on any atom is 0.251 e. The van der Waals surface area contributed by atoms with Gasteiger partial charge in [0.2, 0.25) is 11.7 Å². The molecule has 8 nitrogen and oxygen atoms in total. The molecule has 8 heteroatoms. The molecule has 0 aromatic heterocycles. The minimum atomic E-state index is -0.497. The first-order chi connectivity index (χ1) is 13.5. The smallest absolute Gasteiger partial charge is 0.251 e. The number of methoxy groups -OCH3 is 3. The number of nitrogens with zero attached hydrogens (tertiary/aromatic N) is 2. The van der Waals surface area contributed by atoms with E-state index >= 15 is 0 Å². The molecule has 2 atom stereocenters. The number of carbonyl (C=O) groups excluding carboxylic acids is 2. The van der Waals surface area contributed by atoms with Crippen LogP contribution in [0.1, 0.15) is 32.1 Å². The van der Waals surface area contributed by atoms with Crippen molar-refractivity contribution < 1.29 is 28.9 Å². The number of hydrogen-bond acceptors (Lipinski definition) is 7. The van der Waals surface area contributed by atoms with Gasteiger partial charge in [-0.05, 0) is 25.8 Å². The van der Waals surface area contributed by atoms with Gasteiger partial charge in [-0.3, -0.25) is 14.5 Å². The Morgan fingerprint density at radius 1 is 1.07 bits per heavy atom. The predicted molar refractivity (Wildman–Crippen MR) is 103 cm³/mol. The molecule has 28 heavy (non-hydrogen) atoms. The number of anilines is 1. The third kappa shape index (κ3) is 3.66. The van der Waals surface area contributed by atoms with Gasteiger partial charge in [0, 0.05) is 24.8 Å². The highest BCUT2D eigenvalue weighted by Crippen LogP contribution is 2.42. The summed E-state index contributed by atoms with van der Waals surface area (Å²) in [4.78, 5) is 29.3. The lowest BCUT2D eigenvalue weighted by Crippen LogP contribution is -2.50. The molecule has 0 spiro atoms. The van der Waals surface area contributed by atoms with Crippen molar-refractivity contribution in [1.82, 2.24) is 4.90 Å². The molecule has 2 heterocycles. The first-order valence-electron chi connectivity index (χ1n) is 9.59. The van der Waals surface area contributed by atoms with Gasteiger partial charge in [-0.1, -0.05) is 6.42 Å². The molecule has 2 saturated heterocycles. The molecule has 1 aromatic carbocycles. The monoisotopic (exact) mass is 392 g/mol. The van der Waals surface area contributed by atoms with Gasteiger partial charge in [0.15, 0.2) is 11.5 Å². The van der Waals surface area contributed by atoms with Crippen LogP contribution in [0.3, 0.4) is 0 Å². The third-order valence-corrected chi connectivity index (χ3v) is 5.57. The summed E-state index contributed by atoms with van der Waals surface area (Å²) in [5, 5.41) is 9.36. The summed E-state index contributed by atoms with van der Waals surface area (Å²) in [6.07, 6.45) is 3.75. The second-order valence-corrected chi connectivity index (χ2v) is 7.07. The third-order valence-electron chi connectivity index (χ3n) is 5.57. The molecule has 2 aliphatic rings. The number of aliphatic hydroxyl groups is 1. The van der Waals surface area contributed by atoms with Gasteiger partial charge in [0.1, 0.15) is 0 Å². The second kappa shape index (κ2) is 8.79. The van der Waals surface area contributed by atoms with Crippen LogP contribution >= 0.6 is 0 Å². The normalized spacial score (nSPS) is 23.2. The van der Waals surface area contributed by atoms with Crippen LogP contribution in [0, 0.1) is 0 Å². The minimum absolute atomic E-state index is 0.0760. The van der Waals surface area contributed by atoms with Crippen LogP contribution in [0.15, 0.2) is 12.1 Å². The molecule has 2 amide bonds. The Balaban J connectivity index is 1.91. The Morgan fingerprint density at radius 2 is 1.75 bits per heavy atom. The number of piperidine rings is 1. The van der Waals surface area contributed by atoms with Crippen LogP contribution in [-0.4, -0.2) is 68.4 Å². The molecule has 1 aromatic rings. The van der Waals surface area contributed by atoms with Gasteiger partial charge in [0.05, 0.1) is 39.5 Å². The molecule has 0 saturated carbocycles. The molecule has 154 valence electrons. The highest BCUT2D eigenvalue weighted by Gasteiger charge is 2.45. The molecule has 3 rings (SSSR count). The number of amides is 2. The molecule has 1 N–H and O–H groups in total. The van der Waals surface area contributed by atoms with E-state index in [1.807, 2.05) is 0 Å². The Kier molecular flexibility index (Phi) is 6.41. The maximum atomic E-state index is 13.2. The lowest BCUT2D eigenvalue weighted by Gasteiger charge is -2.38. The summed E-state index contributed by atoms with van der Waals surface area (Å²) < 4.78 is 16.0. The molecular weight excluding hydrogens is 364 g/mol. The Morgan fingerprint density at radius 3 is 2.32 bits per heavy atom. The zero-order chi connectivity index (χ0) is 20.3. The minimum Gasteiger partial charge on any atom is -0.493 e. The fraction of sp³-hybridized carbons (Fsp3) is 0.600. The van der Waals surface area contributed by atoms with Gasteiger partial charge in [-0.25, -0.2) is 4.90 Å². The SMILES string of the molecule is COc1cc(N2C(=O)CC(N3CCCCC3CCO)C2=O)cc(OC)c1OC. The number of aliphatic hydroxyl groups excluding tert-OH is 1. The topological polar surface area (TPSA) is 88.5 Å². The summed E-state index contributed by atoms with van der Waals surface area (Å²) in [5.41, 5.74) is 0.405. The van der Waals surface area contributed by atoms with E-state index in [0.717, 1.165) is 25.8 Å². The molecule has 0 radical (unpaired) electrons. The van der Waals surface area contributed by atoms with Crippen LogP contribution in [0.25, 0.3) is 0 Å². The van der Waals surface area contributed by atoms with Gasteiger partial charge in [-0.2, -0.15) is 0 Å². The van der Waals surface area contributed by atoms with Crippen molar-refractivity contribution in [2.24, 2.45) is 0 Å². The summed E-state index contributed by atoms with van der Waals surface area (Å²) >= 11 is 0. The van der Waals surface area contributed by atoms with E-state index in [4.69, 9.17) is 14.2 Å². The van der Waals surface area contributed by atoms with E-state index in [1.54, 1.807) is 12.1 Å². The fourth-order valence-corrected chi connectivity index (χ4v) is 4.23. The highest BCUT2D eigenvalue weighted by molar-refractivity contribution is 6.22. The second-order valence-electron chi connectivity index (χ2n) is 7.07. The van der Waals surface area contributed by atoms with Crippen molar-refractivity contribution in [2.45, 2.75) is 44.2 Å². The lowest BCUT2D eigenvalue weighted by molar-refractivity contribution is -0.123. The Bertz CT molecular complexity index is 710. The zero-order valence-corrected chi connectivity index (χ0v) is 16.6. The average Bonchev–Trinajstić information content (AvgIpc) is 3.01. The van der Waals surface area contributed by atoms with Crippen molar-refractivity contribution in [2.75, 3.05) is 39.4 Å². The number of benzene rings is 1. The Labute approximate surface area is 165 Å². The van der Waals surface area contributed by atoms with Crippen LogP contribution in [0.4, 0.5) is 5.69 Å². The van der Waals surface area contributed by atoms with Crippen LogP contribution < -0.4 is 19.1 Å². The van der Waals surface area contributed by atoms with Crippen LogP contribution in [0.2, 0.25) is 0 Å². The van der Waals surface area contributed by atoms with Gasteiger partial charge in [-0.15, -0.1) is 0 Å². The van der Waals surface area contributed by atoms with E-state index in [0.29, 0.717) is 29.4 Å². The van der Waals surface area contributed by atoms with E-state index < -0.39 is 6.04 Å². The number of likely N-dealkylation sites (tertiary alicyclic amines) is 1. The lowest BCUT2D eigenvalue weighted by atomic mass is 9.97. The molecule has 2 fully saturated rings. The molecule has 2 unspecified atom stereocenters. The van der Waals surface area contributed by atoms with E-state index in [-0.39, 0.29) is 30.9 Å². The number of ether oxygens (including phenoxy) is 3. The number of carbonyl (C=O) groups is 2. The largest absolute Gasteiger partial charge is 0.493 e. The standard InChI is InChI=1S/C20H28N2O6/c1-26-16-10-14(11-17(27-2)19(16)28-3)22-18(24)12-15(20(22)25)21-8-5-4-6-13(21)7-9-23/h10-11,13,15,23H,4-9,12H2,1-3H3. The van der Waals surface area contributed by atoms with Gasteiger partial charge >= 0.3 is 0 Å². The van der Waals surface area contributed by atoms with E-state index in [2.05, 4.69) is 4.90 Å². The van der Waals surface area contributed by atoms with Crippen LogP contribution in [-0.2, 0) is 9.59 Å². The quantitative estimate of drug-likeness (QED) is 0.705. The maximum absolute atomic E-state index is 13.2. The highest BCUT2D eigenvalue weighted by atomic mass is 16.5. The average molecular weight is 392 g/mol. The molecule has 0 aliphatic carbocycles. The molecule has 0 bridgehead atoms. The number of imide groups is 1. The zero-order valence-electron chi connectivity index (χ0n) is 16.6. The van der Waals surface area contributed by atoms with Crippen molar-refractivity contribution in [1.29, 1.82) is 0 Å². The summed E-state index contributed by atoms with van der Waals surface area (Å²) in [6, 6.07) is 2.85. The van der Waals surface area contributed by atoms with Crippen molar-refractivity contribution >= 4 is 17.5 Å². The van der Waals surface area contributed by atoms with Crippen molar-refractivity contribution in [3.63, 3.8) is 0 Å². The molecular formula is C20H28N2O6. The van der Waals surface area contributed by atoms with Crippen molar-refractivity contribution in [3.8, 4) is 17.2 Å². The first-order valence-corrected chi connectivity index (χ1v) is 9.59. The van der Waals surface area contributed by atoms with Gasteiger partial charge < -0.3 is 19.3 Å². The summed E-state index contributed by atoms with van der Waals surface area (Å²) in [5.74, 6) is 0.680. The summed E-state index contributed by atoms with van der Waals surface area (Å²) in [7, 11) is 4.48. The van der Waals surface area contributed by atoms with Crippen LogP contribution in [0.5, 0.6) is 17.2 Å². The predicted octanol–water partition coefficient (Wildman–Crippen LogP) is 1.58. The van der Waals surface area contributed by atoms with Gasteiger partial charge in [0.25, 0.3) is 5.91 Å². The number of hydrogen-bond donors (Lipinski definition) is 1. The number of rotatable bonds is 7. The van der Waals surface area contributed by atoms with Crippen molar-refractivity contribution in [3.05, 3.63) is 12.1 Å². The van der Waals surface area contributed by atoms with E-state index in [1.165, 1.54) is 26.2 Å². The fourth-order valence-electron chi connectivity index (χ4n) is 4.23.